The van der Waals surface area contributed by atoms with Gasteiger partial charge < -0.3 is 15.6 Å². The highest BCUT2D eigenvalue weighted by molar-refractivity contribution is 7.99. The van der Waals surface area contributed by atoms with Gasteiger partial charge in [-0.1, -0.05) is 36.7 Å². The minimum atomic E-state index is -0.907. The molecule has 1 aliphatic rings. The van der Waals surface area contributed by atoms with E-state index in [-0.39, 0.29) is 23.7 Å². The average molecular weight is 407 g/mol. The van der Waals surface area contributed by atoms with Crippen LogP contribution in [0, 0.1) is 0 Å². The van der Waals surface area contributed by atoms with Gasteiger partial charge in [-0.2, -0.15) is 0 Å². The standard InChI is InChI=1S/C18H19ClN4O3S/c1-2-3-8-27-18-22-15-14(17(26)23-18)12(9-13(24)21-15)16(25)20-11-6-4-10(19)5-7-11/h4-7,12H,2-3,8-9H2,1H3,(H,20,25)(H2,21,22,23,24,26). The number of unbranched alkanes of at least 4 members (excludes halogenated alkanes) is 1. The van der Waals surface area contributed by atoms with Crippen LogP contribution in [0.1, 0.15) is 37.7 Å². The van der Waals surface area contributed by atoms with Crippen molar-refractivity contribution in [3.05, 3.63) is 45.2 Å². The molecule has 0 radical (unpaired) electrons. The number of carbonyl (C=O) groups excluding carboxylic acids is 2. The van der Waals surface area contributed by atoms with Gasteiger partial charge in [-0.3, -0.25) is 14.4 Å². The quantitative estimate of drug-likeness (QED) is 0.387. The lowest BCUT2D eigenvalue weighted by Crippen LogP contribution is -2.36. The van der Waals surface area contributed by atoms with Crippen LogP contribution in [0.3, 0.4) is 0 Å². The number of H-pyrrole nitrogens is 1. The summed E-state index contributed by atoms with van der Waals surface area (Å²) in [7, 11) is 0. The van der Waals surface area contributed by atoms with Crippen molar-refractivity contribution < 1.29 is 9.59 Å². The van der Waals surface area contributed by atoms with Crippen molar-refractivity contribution in [2.75, 3.05) is 16.4 Å². The molecule has 0 aliphatic carbocycles. The molecule has 1 aromatic heterocycles. The molecule has 9 heteroatoms. The smallest absolute Gasteiger partial charge is 0.257 e. The van der Waals surface area contributed by atoms with E-state index in [0.717, 1.165) is 18.6 Å². The van der Waals surface area contributed by atoms with Crippen LogP contribution in [0.4, 0.5) is 11.5 Å². The second-order valence-electron chi connectivity index (χ2n) is 6.14. The second kappa shape index (κ2) is 8.58. The van der Waals surface area contributed by atoms with E-state index in [1.807, 2.05) is 0 Å². The molecule has 2 heterocycles. The van der Waals surface area contributed by atoms with E-state index in [9.17, 15) is 14.4 Å². The summed E-state index contributed by atoms with van der Waals surface area (Å²) in [6, 6.07) is 6.60. The van der Waals surface area contributed by atoms with Gasteiger partial charge in [-0.25, -0.2) is 4.98 Å². The molecular formula is C18H19ClN4O3S. The Morgan fingerprint density at radius 2 is 2.07 bits per heavy atom. The molecule has 0 saturated heterocycles. The number of aromatic nitrogens is 2. The Labute approximate surface area is 165 Å². The number of halogens is 1. The molecule has 1 atom stereocenters. The van der Waals surface area contributed by atoms with Crippen LogP contribution < -0.4 is 16.2 Å². The normalized spacial score (nSPS) is 15.8. The van der Waals surface area contributed by atoms with E-state index in [1.165, 1.54) is 11.8 Å². The van der Waals surface area contributed by atoms with Crippen LogP contribution in [0.25, 0.3) is 0 Å². The van der Waals surface area contributed by atoms with Crippen molar-refractivity contribution in [1.29, 1.82) is 0 Å². The highest BCUT2D eigenvalue weighted by Crippen LogP contribution is 2.30. The lowest BCUT2D eigenvalue weighted by atomic mass is 9.92. The number of rotatable bonds is 6. The van der Waals surface area contributed by atoms with Gasteiger partial charge in [0.2, 0.25) is 11.8 Å². The number of aromatic amines is 1. The number of fused-ring (bicyclic) bond motifs is 1. The van der Waals surface area contributed by atoms with Gasteiger partial charge in [0.05, 0.1) is 11.5 Å². The topological polar surface area (TPSA) is 104 Å². The first-order chi connectivity index (χ1) is 13.0. The lowest BCUT2D eigenvalue weighted by Gasteiger charge is -2.23. The number of hydrogen-bond acceptors (Lipinski definition) is 5. The van der Waals surface area contributed by atoms with E-state index in [2.05, 4.69) is 27.5 Å². The minimum Gasteiger partial charge on any atom is -0.326 e. The van der Waals surface area contributed by atoms with Gasteiger partial charge in [0.15, 0.2) is 5.16 Å². The molecule has 1 unspecified atom stereocenters. The number of benzene rings is 1. The summed E-state index contributed by atoms with van der Waals surface area (Å²) in [5, 5.41) is 6.31. The first-order valence-electron chi connectivity index (χ1n) is 8.61. The summed E-state index contributed by atoms with van der Waals surface area (Å²) in [5.41, 5.74) is 0.309. The summed E-state index contributed by atoms with van der Waals surface area (Å²) in [5.74, 6) is -0.721. The highest BCUT2D eigenvalue weighted by atomic mass is 35.5. The zero-order valence-electron chi connectivity index (χ0n) is 14.7. The Balaban J connectivity index is 1.86. The SMILES string of the molecule is CCCCSc1nc2c(c(=O)[nH]1)C(C(=O)Nc1ccc(Cl)cc1)CC(=O)N2. The molecule has 7 nitrogen and oxygen atoms in total. The minimum absolute atomic E-state index is 0.112. The Morgan fingerprint density at radius 3 is 2.78 bits per heavy atom. The van der Waals surface area contributed by atoms with Crippen molar-refractivity contribution in [2.45, 2.75) is 37.3 Å². The maximum absolute atomic E-state index is 12.7. The van der Waals surface area contributed by atoms with E-state index >= 15 is 0 Å². The summed E-state index contributed by atoms with van der Waals surface area (Å²) in [6.07, 6.45) is 1.91. The van der Waals surface area contributed by atoms with Crippen LogP contribution in [-0.2, 0) is 9.59 Å². The number of nitrogens with one attached hydrogen (secondary N) is 3. The zero-order valence-corrected chi connectivity index (χ0v) is 16.2. The van der Waals surface area contributed by atoms with Gasteiger partial charge in [-0.15, -0.1) is 0 Å². The third-order valence-corrected chi connectivity index (χ3v) is 5.31. The molecule has 3 N–H and O–H groups in total. The van der Waals surface area contributed by atoms with E-state index in [4.69, 9.17) is 11.6 Å². The third-order valence-electron chi connectivity index (χ3n) is 4.09. The number of hydrogen-bond donors (Lipinski definition) is 3. The summed E-state index contributed by atoms with van der Waals surface area (Å²) >= 11 is 7.26. The van der Waals surface area contributed by atoms with E-state index < -0.39 is 17.4 Å². The van der Waals surface area contributed by atoms with Crippen LogP contribution in [-0.4, -0.2) is 27.5 Å². The molecule has 142 valence electrons. The molecule has 0 fully saturated rings. The predicted octanol–water partition coefficient (Wildman–Crippen LogP) is 3.38. The van der Waals surface area contributed by atoms with Crippen molar-refractivity contribution in [3.8, 4) is 0 Å². The fourth-order valence-corrected chi connectivity index (χ4v) is 3.79. The van der Waals surface area contributed by atoms with Crippen LogP contribution in [0.2, 0.25) is 5.02 Å². The van der Waals surface area contributed by atoms with Gasteiger partial charge >= 0.3 is 0 Å². The first kappa shape index (κ1) is 19.4. The maximum Gasteiger partial charge on any atom is 0.257 e. The largest absolute Gasteiger partial charge is 0.326 e. The second-order valence-corrected chi connectivity index (χ2v) is 7.66. The monoisotopic (exact) mass is 406 g/mol. The van der Waals surface area contributed by atoms with Gasteiger partial charge in [0.25, 0.3) is 5.56 Å². The number of thioether (sulfide) groups is 1. The number of carbonyl (C=O) groups is 2. The predicted molar refractivity (Wildman–Crippen MR) is 107 cm³/mol. The lowest BCUT2D eigenvalue weighted by molar-refractivity contribution is -0.123. The zero-order chi connectivity index (χ0) is 19.4. The van der Waals surface area contributed by atoms with Gasteiger partial charge in [-0.05, 0) is 30.7 Å². The fourth-order valence-electron chi connectivity index (χ4n) is 2.72. The molecule has 0 spiro atoms. The Kier molecular flexibility index (Phi) is 6.18. The maximum atomic E-state index is 12.7. The van der Waals surface area contributed by atoms with Gasteiger partial charge in [0.1, 0.15) is 5.82 Å². The molecule has 3 rings (SSSR count). The van der Waals surface area contributed by atoms with E-state index in [1.54, 1.807) is 24.3 Å². The summed E-state index contributed by atoms with van der Waals surface area (Å²) in [6.45, 7) is 2.08. The van der Waals surface area contributed by atoms with Crippen molar-refractivity contribution >= 4 is 46.7 Å². The number of amides is 2. The molecule has 0 bridgehead atoms. The Morgan fingerprint density at radius 1 is 1.33 bits per heavy atom. The fraction of sp³-hybridized carbons (Fsp3) is 0.333. The Hall–Kier alpha value is -2.32. The molecule has 27 heavy (non-hydrogen) atoms. The number of anilines is 2. The van der Waals surface area contributed by atoms with Crippen LogP contribution in [0.15, 0.2) is 34.2 Å². The van der Waals surface area contributed by atoms with E-state index in [0.29, 0.717) is 15.9 Å². The molecular weight excluding hydrogens is 388 g/mol. The highest BCUT2D eigenvalue weighted by Gasteiger charge is 2.34. The van der Waals surface area contributed by atoms with Crippen molar-refractivity contribution in [2.24, 2.45) is 0 Å². The Bertz CT molecular complexity index is 914. The molecule has 1 aliphatic heterocycles. The van der Waals surface area contributed by atoms with Crippen molar-refractivity contribution in [1.82, 2.24) is 9.97 Å². The third kappa shape index (κ3) is 4.70. The summed E-state index contributed by atoms with van der Waals surface area (Å²) < 4.78 is 0. The van der Waals surface area contributed by atoms with Crippen LogP contribution in [0.5, 0.6) is 0 Å². The number of nitrogens with zero attached hydrogens (tertiary/aromatic N) is 1. The first-order valence-corrected chi connectivity index (χ1v) is 9.97. The molecule has 2 aromatic rings. The van der Waals surface area contributed by atoms with Gasteiger partial charge in [0, 0.05) is 22.9 Å². The molecule has 0 saturated carbocycles. The molecule has 2 amide bonds. The average Bonchev–Trinajstić information content (AvgIpc) is 2.63. The molecule has 1 aromatic carbocycles. The summed E-state index contributed by atoms with van der Waals surface area (Å²) in [4.78, 5) is 44.4. The van der Waals surface area contributed by atoms with Crippen molar-refractivity contribution in [3.63, 3.8) is 0 Å². The van der Waals surface area contributed by atoms with Crippen LogP contribution >= 0.6 is 23.4 Å².